The van der Waals surface area contributed by atoms with Crippen LogP contribution in [-0.4, -0.2) is 34.6 Å². The lowest BCUT2D eigenvalue weighted by Gasteiger charge is -2.38. The van der Waals surface area contributed by atoms with Crippen molar-refractivity contribution in [2.75, 3.05) is 14.2 Å². The summed E-state index contributed by atoms with van der Waals surface area (Å²) in [5.74, 6) is 0.476. The molecule has 0 N–H and O–H groups in total. The molecular weight excluding hydrogens is 296 g/mol. The lowest BCUT2D eigenvalue weighted by molar-refractivity contribution is -0.149. The highest BCUT2D eigenvalue weighted by molar-refractivity contribution is 6.74. The number of ether oxygens (including phenoxy) is 2. The molecule has 124 valence electrons. The van der Waals surface area contributed by atoms with Crippen LogP contribution in [0, 0.1) is 0 Å². The number of carbonyl (C=O) groups excluding carboxylic acids is 1. The number of hydrogen-bond donors (Lipinski definition) is 0. The van der Waals surface area contributed by atoms with Crippen LogP contribution in [0.5, 0.6) is 5.75 Å². The Morgan fingerprint density at radius 2 is 1.68 bits per heavy atom. The van der Waals surface area contributed by atoms with Gasteiger partial charge in [0.25, 0.3) is 0 Å². The van der Waals surface area contributed by atoms with Gasteiger partial charge in [0, 0.05) is 6.42 Å². The molecule has 0 fully saturated rings. The molecule has 0 saturated heterocycles. The van der Waals surface area contributed by atoms with Gasteiger partial charge in [0.05, 0.1) is 14.2 Å². The Labute approximate surface area is 134 Å². The van der Waals surface area contributed by atoms with Crippen molar-refractivity contribution in [1.82, 2.24) is 0 Å². The van der Waals surface area contributed by atoms with E-state index in [0.29, 0.717) is 6.42 Å². The highest BCUT2D eigenvalue weighted by Gasteiger charge is 2.41. The molecule has 22 heavy (non-hydrogen) atoms. The number of benzene rings is 1. The van der Waals surface area contributed by atoms with Crippen molar-refractivity contribution in [3.63, 3.8) is 0 Å². The summed E-state index contributed by atoms with van der Waals surface area (Å²) in [4.78, 5) is 12.1. The summed E-state index contributed by atoms with van der Waals surface area (Å²) in [5.41, 5.74) is 1.02. The molecule has 0 amide bonds. The predicted octanol–water partition coefficient (Wildman–Crippen LogP) is 3.80. The van der Waals surface area contributed by atoms with E-state index in [0.717, 1.165) is 11.3 Å². The Morgan fingerprint density at radius 3 is 2.09 bits per heavy atom. The maximum absolute atomic E-state index is 12.1. The van der Waals surface area contributed by atoms with E-state index in [-0.39, 0.29) is 11.0 Å². The van der Waals surface area contributed by atoms with E-state index in [1.165, 1.54) is 7.11 Å². The van der Waals surface area contributed by atoms with E-state index in [4.69, 9.17) is 13.9 Å². The van der Waals surface area contributed by atoms with Crippen LogP contribution in [0.3, 0.4) is 0 Å². The van der Waals surface area contributed by atoms with Crippen molar-refractivity contribution < 1.29 is 18.7 Å². The van der Waals surface area contributed by atoms with E-state index in [9.17, 15) is 4.79 Å². The highest BCUT2D eigenvalue weighted by atomic mass is 28.4. The van der Waals surface area contributed by atoms with Crippen molar-refractivity contribution in [1.29, 1.82) is 0 Å². The van der Waals surface area contributed by atoms with Crippen LogP contribution in [0.15, 0.2) is 24.3 Å². The second-order valence-corrected chi connectivity index (χ2v) is 11.7. The van der Waals surface area contributed by atoms with Gasteiger partial charge in [-0.3, -0.25) is 0 Å². The third-order valence-corrected chi connectivity index (χ3v) is 8.77. The van der Waals surface area contributed by atoms with Crippen LogP contribution in [0.25, 0.3) is 0 Å². The first-order chi connectivity index (χ1) is 10.1. The third kappa shape index (κ3) is 4.85. The molecule has 0 aliphatic rings. The van der Waals surface area contributed by atoms with Crippen LogP contribution in [-0.2, 0) is 20.4 Å². The average Bonchev–Trinajstić information content (AvgIpc) is 2.45. The summed E-state index contributed by atoms with van der Waals surface area (Å²) < 4.78 is 16.3. The molecule has 1 aromatic rings. The van der Waals surface area contributed by atoms with Gasteiger partial charge in [0.2, 0.25) is 0 Å². The molecule has 0 heterocycles. The van der Waals surface area contributed by atoms with Crippen molar-refractivity contribution in [2.45, 2.75) is 51.4 Å². The van der Waals surface area contributed by atoms with E-state index in [1.54, 1.807) is 7.11 Å². The summed E-state index contributed by atoms with van der Waals surface area (Å²) in [6.07, 6.45) is -0.0670. The summed E-state index contributed by atoms with van der Waals surface area (Å²) in [6, 6.07) is 7.67. The van der Waals surface area contributed by atoms with Crippen molar-refractivity contribution in [3.05, 3.63) is 29.8 Å². The SMILES string of the molecule is COC(=O)[C@H](Cc1ccc(OC)cc1)O[Si](C)(C)C(C)(C)C. The minimum Gasteiger partial charge on any atom is -0.497 e. The molecule has 0 bridgehead atoms. The first kappa shape index (κ1) is 18.7. The average molecular weight is 324 g/mol. The topological polar surface area (TPSA) is 44.8 Å². The number of carbonyl (C=O) groups is 1. The van der Waals surface area contributed by atoms with E-state index < -0.39 is 14.4 Å². The Hall–Kier alpha value is -1.33. The smallest absolute Gasteiger partial charge is 0.334 e. The lowest BCUT2D eigenvalue weighted by atomic mass is 10.1. The van der Waals surface area contributed by atoms with E-state index >= 15 is 0 Å². The van der Waals surface area contributed by atoms with Gasteiger partial charge in [0.1, 0.15) is 11.9 Å². The molecule has 0 aromatic heterocycles. The van der Waals surface area contributed by atoms with Gasteiger partial charge in [-0.15, -0.1) is 0 Å². The summed E-state index contributed by atoms with van der Waals surface area (Å²) in [5, 5.41) is 0.0409. The number of esters is 1. The highest BCUT2D eigenvalue weighted by Crippen LogP contribution is 2.37. The van der Waals surface area contributed by atoms with Crippen LogP contribution < -0.4 is 4.74 Å². The van der Waals surface area contributed by atoms with Crippen LogP contribution >= 0.6 is 0 Å². The molecule has 5 heteroatoms. The number of rotatable bonds is 6. The van der Waals surface area contributed by atoms with E-state index in [1.807, 2.05) is 24.3 Å². The molecule has 0 spiro atoms. The van der Waals surface area contributed by atoms with E-state index in [2.05, 4.69) is 33.9 Å². The Morgan fingerprint density at radius 1 is 1.14 bits per heavy atom. The zero-order valence-electron chi connectivity index (χ0n) is 14.7. The lowest BCUT2D eigenvalue weighted by Crippen LogP contribution is -2.47. The summed E-state index contributed by atoms with van der Waals surface area (Å²) in [7, 11) is 0.989. The zero-order chi connectivity index (χ0) is 17.0. The second-order valence-electron chi connectivity index (χ2n) is 6.94. The molecule has 4 nitrogen and oxygen atoms in total. The van der Waals surface area contributed by atoms with Crippen molar-refractivity contribution in [3.8, 4) is 5.75 Å². The number of methoxy groups -OCH3 is 2. The maximum atomic E-state index is 12.1. The fraction of sp³-hybridized carbons (Fsp3) is 0.588. The van der Waals surface area contributed by atoms with Crippen LogP contribution in [0.1, 0.15) is 26.3 Å². The molecule has 1 aromatic carbocycles. The van der Waals surface area contributed by atoms with Crippen molar-refractivity contribution in [2.24, 2.45) is 0 Å². The Bertz CT molecular complexity index is 488. The first-order valence-corrected chi connectivity index (χ1v) is 10.4. The minimum atomic E-state index is -2.04. The predicted molar refractivity (Wildman–Crippen MR) is 90.8 cm³/mol. The van der Waals surface area contributed by atoms with Gasteiger partial charge >= 0.3 is 5.97 Å². The van der Waals surface area contributed by atoms with Crippen molar-refractivity contribution >= 4 is 14.3 Å². The van der Waals surface area contributed by atoms with Crippen LogP contribution in [0.2, 0.25) is 18.1 Å². The minimum absolute atomic E-state index is 0.0409. The Balaban J connectivity index is 2.91. The fourth-order valence-electron chi connectivity index (χ4n) is 1.81. The summed E-state index contributed by atoms with van der Waals surface area (Å²) >= 11 is 0. The van der Waals surface area contributed by atoms with Gasteiger partial charge in [-0.1, -0.05) is 32.9 Å². The quantitative estimate of drug-likeness (QED) is 0.590. The standard InChI is InChI=1S/C17H28O4Si/c1-17(2,3)22(6,7)21-15(16(18)20-5)12-13-8-10-14(19-4)11-9-13/h8-11,15H,12H2,1-7H3/t15-/m0/s1. The third-order valence-electron chi connectivity index (χ3n) is 4.29. The fourth-order valence-corrected chi connectivity index (χ4v) is 3.06. The molecule has 0 aliphatic heterocycles. The Kier molecular flexibility index (Phi) is 6.20. The zero-order valence-corrected chi connectivity index (χ0v) is 15.7. The maximum Gasteiger partial charge on any atom is 0.334 e. The number of hydrogen-bond acceptors (Lipinski definition) is 4. The second kappa shape index (κ2) is 7.29. The first-order valence-electron chi connectivity index (χ1n) is 7.49. The van der Waals surface area contributed by atoms with Crippen LogP contribution in [0.4, 0.5) is 0 Å². The molecule has 0 aliphatic carbocycles. The normalized spacial score (nSPS) is 13.6. The molecule has 0 radical (unpaired) electrons. The molecular formula is C17H28O4Si. The molecule has 0 saturated carbocycles. The molecule has 0 unspecified atom stereocenters. The van der Waals surface area contributed by atoms with Gasteiger partial charge in [-0.2, -0.15) is 0 Å². The molecule has 1 rings (SSSR count). The van der Waals surface area contributed by atoms with Gasteiger partial charge in [-0.25, -0.2) is 4.79 Å². The monoisotopic (exact) mass is 324 g/mol. The molecule has 1 atom stereocenters. The summed E-state index contributed by atoms with van der Waals surface area (Å²) in [6.45, 7) is 10.7. The largest absolute Gasteiger partial charge is 0.497 e. The van der Waals surface area contributed by atoms with Gasteiger partial charge in [-0.05, 0) is 35.8 Å². The van der Waals surface area contributed by atoms with Gasteiger partial charge < -0.3 is 13.9 Å². The van der Waals surface area contributed by atoms with Gasteiger partial charge in [0.15, 0.2) is 8.32 Å².